The maximum atomic E-state index is 12.6. The number of rotatable bonds is 0. The van der Waals surface area contributed by atoms with Crippen molar-refractivity contribution in [2.45, 2.75) is 12.4 Å². The Hall–Kier alpha value is -1.73. The van der Waals surface area contributed by atoms with Crippen LogP contribution < -0.4 is 0 Å². The summed E-state index contributed by atoms with van der Waals surface area (Å²) in [5.41, 5.74) is -3.36. The van der Waals surface area contributed by atoms with Crippen LogP contribution in [0.4, 0.5) is 26.3 Å². The van der Waals surface area contributed by atoms with Crippen LogP contribution in [0.15, 0.2) is 18.3 Å². The maximum absolute atomic E-state index is 12.6. The third-order valence-electron chi connectivity index (χ3n) is 2.12. The molecule has 0 aliphatic heterocycles. The third-order valence-corrected chi connectivity index (χ3v) is 2.12. The van der Waals surface area contributed by atoms with Gasteiger partial charge < -0.3 is 4.98 Å². The Morgan fingerprint density at radius 1 is 1.00 bits per heavy atom. The number of nitrogens with one attached hydrogen (secondary N) is 1. The second-order valence-corrected chi connectivity index (χ2v) is 3.29. The van der Waals surface area contributed by atoms with Crippen LogP contribution in [0.25, 0.3) is 11.0 Å². The van der Waals surface area contributed by atoms with Crippen molar-refractivity contribution >= 4 is 11.0 Å². The Balaban J connectivity index is 2.76. The van der Waals surface area contributed by atoms with Crippen LogP contribution in [0.2, 0.25) is 0 Å². The van der Waals surface area contributed by atoms with Gasteiger partial charge in [-0.15, -0.1) is 0 Å². The fourth-order valence-electron chi connectivity index (χ4n) is 1.42. The standard InChI is InChI=1S/C9H4F6N2/c10-8(11,12)5-3-6(9(13,14)15)17-7-4(5)1-2-16-7/h1-3H,(H,16,17). The maximum Gasteiger partial charge on any atom is 0.433 e. The van der Waals surface area contributed by atoms with Crippen LogP contribution in [0.1, 0.15) is 11.3 Å². The average Bonchev–Trinajstić information content (AvgIpc) is 2.59. The zero-order valence-electron chi connectivity index (χ0n) is 7.95. The van der Waals surface area contributed by atoms with E-state index in [-0.39, 0.29) is 11.5 Å². The first-order valence-electron chi connectivity index (χ1n) is 4.32. The van der Waals surface area contributed by atoms with Gasteiger partial charge in [0.15, 0.2) is 0 Å². The lowest BCUT2D eigenvalue weighted by Gasteiger charge is -2.11. The van der Waals surface area contributed by atoms with Gasteiger partial charge in [0.2, 0.25) is 0 Å². The fourth-order valence-corrected chi connectivity index (χ4v) is 1.42. The first-order chi connectivity index (χ1) is 7.69. The van der Waals surface area contributed by atoms with E-state index in [0.717, 1.165) is 12.3 Å². The van der Waals surface area contributed by atoms with E-state index >= 15 is 0 Å². The molecule has 17 heavy (non-hydrogen) atoms. The van der Waals surface area contributed by atoms with E-state index in [1.165, 1.54) is 0 Å². The summed E-state index contributed by atoms with van der Waals surface area (Å²) >= 11 is 0. The quantitative estimate of drug-likeness (QED) is 0.715. The van der Waals surface area contributed by atoms with Crippen molar-refractivity contribution in [3.8, 4) is 0 Å². The molecule has 0 bridgehead atoms. The van der Waals surface area contributed by atoms with Gasteiger partial charge in [-0.3, -0.25) is 0 Å². The molecule has 0 spiro atoms. The van der Waals surface area contributed by atoms with Gasteiger partial charge in [0.1, 0.15) is 11.3 Å². The van der Waals surface area contributed by atoms with Crippen LogP contribution in [0.5, 0.6) is 0 Å². The molecule has 2 nitrogen and oxygen atoms in total. The molecule has 92 valence electrons. The smallest absolute Gasteiger partial charge is 0.346 e. The number of nitrogens with zero attached hydrogens (tertiary/aromatic N) is 1. The number of H-pyrrole nitrogens is 1. The van der Waals surface area contributed by atoms with Crippen molar-refractivity contribution in [3.05, 3.63) is 29.6 Å². The summed E-state index contributed by atoms with van der Waals surface area (Å²) in [5, 5.41) is -0.384. The molecule has 0 aromatic carbocycles. The monoisotopic (exact) mass is 254 g/mol. The number of fused-ring (bicyclic) bond motifs is 1. The molecule has 2 rings (SSSR count). The van der Waals surface area contributed by atoms with Gasteiger partial charge in [-0.25, -0.2) is 4.98 Å². The van der Waals surface area contributed by atoms with Crippen molar-refractivity contribution in [1.29, 1.82) is 0 Å². The Labute approximate surface area is 90.3 Å². The topological polar surface area (TPSA) is 28.7 Å². The predicted octanol–water partition coefficient (Wildman–Crippen LogP) is 3.60. The minimum Gasteiger partial charge on any atom is -0.346 e. The van der Waals surface area contributed by atoms with Gasteiger partial charge in [-0.05, 0) is 12.1 Å². The summed E-state index contributed by atoms with van der Waals surface area (Å²) in [6.45, 7) is 0. The molecule has 0 radical (unpaired) electrons. The summed E-state index contributed by atoms with van der Waals surface area (Å²) in [6, 6.07) is 1.04. The van der Waals surface area contributed by atoms with E-state index in [4.69, 9.17) is 0 Å². The third kappa shape index (κ3) is 2.06. The van der Waals surface area contributed by atoms with Gasteiger partial charge in [0, 0.05) is 11.6 Å². The van der Waals surface area contributed by atoms with Crippen molar-refractivity contribution < 1.29 is 26.3 Å². The van der Waals surface area contributed by atoms with Crippen LogP contribution in [0, 0.1) is 0 Å². The van der Waals surface area contributed by atoms with E-state index in [0.29, 0.717) is 0 Å². The lowest BCUT2D eigenvalue weighted by molar-refractivity contribution is -0.144. The van der Waals surface area contributed by atoms with Crippen LogP contribution in [-0.2, 0) is 12.4 Å². The Bertz CT molecular complexity index is 551. The molecule has 2 heterocycles. The molecule has 0 saturated carbocycles. The summed E-state index contributed by atoms with van der Waals surface area (Å²) in [5.74, 6) is 0. The molecule has 0 unspecified atom stereocenters. The summed E-state index contributed by atoms with van der Waals surface area (Å²) in [6.07, 6.45) is -8.67. The molecule has 1 N–H and O–H groups in total. The van der Waals surface area contributed by atoms with Crippen molar-refractivity contribution in [1.82, 2.24) is 9.97 Å². The zero-order valence-corrected chi connectivity index (χ0v) is 7.95. The minimum atomic E-state index is -4.92. The highest BCUT2D eigenvalue weighted by Crippen LogP contribution is 2.38. The van der Waals surface area contributed by atoms with Crippen molar-refractivity contribution in [2.24, 2.45) is 0 Å². The second-order valence-electron chi connectivity index (χ2n) is 3.29. The highest BCUT2D eigenvalue weighted by atomic mass is 19.4. The summed E-state index contributed by atoms with van der Waals surface area (Å²) in [4.78, 5) is 5.33. The van der Waals surface area contributed by atoms with E-state index in [9.17, 15) is 26.3 Å². The lowest BCUT2D eigenvalue weighted by Crippen LogP contribution is -2.13. The predicted molar refractivity (Wildman–Crippen MR) is 46.1 cm³/mol. The largest absolute Gasteiger partial charge is 0.433 e. The first kappa shape index (κ1) is 11.7. The lowest BCUT2D eigenvalue weighted by atomic mass is 10.1. The number of alkyl halides is 6. The molecule has 2 aromatic rings. The van der Waals surface area contributed by atoms with E-state index < -0.39 is 29.3 Å². The SMILES string of the molecule is FC(F)(F)c1cc(C(F)(F)F)c2cc[nH]c2n1. The number of hydrogen-bond acceptors (Lipinski definition) is 1. The summed E-state index contributed by atoms with van der Waals surface area (Å²) in [7, 11) is 0. The van der Waals surface area contributed by atoms with Gasteiger partial charge in [-0.1, -0.05) is 0 Å². The van der Waals surface area contributed by atoms with E-state index in [2.05, 4.69) is 9.97 Å². The highest BCUT2D eigenvalue weighted by Gasteiger charge is 2.39. The molecule has 8 heteroatoms. The first-order valence-corrected chi connectivity index (χ1v) is 4.32. The number of pyridine rings is 1. The summed E-state index contributed by atoms with van der Waals surface area (Å²) < 4.78 is 74.7. The fraction of sp³-hybridized carbons (Fsp3) is 0.222. The Morgan fingerprint density at radius 3 is 2.18 bits per heavy atom. The molecule has 0 amide bonds. The van der Waals surface area contributed by atoms with Crippen LogP contribution in [0.3, 0.4) is 0 Å². The van der Waals surface area contributed by atoms with Crippen molar-refractivity contribution in [3.63, 3.8) is 0 Å². The minimum absolute atomic E-state index is 0.0101. The molecule has 0 saturated heterocycles. The van der Waals surface area contributed by atoms with E-state index in [1.807, 2.05) is 0 Å². The Morgan fingerprint density at radius 2 is 1.65 bits per heavy atom. The molecule has 0 atom stereocenters. The molecule has 2 aromatic heterocycles. The van der Waals surface area contributed by atoms with Gasteiger partial charge >= 0.3 is 12.4 Å². The van der Waals surface area contributed by atoms with Crippen molar-refractivity contribution in [2.75, 3.05) is 0 Å². The van der Waals surface area contributed by atoms with Gasteiger partial charge in [0.25, 0.3) is 0 Å². The van der Waals surface area contributed by atoms with Crippen LogP contribution in [-0.4, -0.2) is 9.97 Å². The molecule has 0 aliphatic carbocycles. The van der Waals surface area contributed by atoms with Crippen LogP contribution >= 0.6 is 0 Å². The Kier molecular flexibility index (Phi) is 2.33. The zero-order chi connectivity index (χ0) is 12.8. The van der Waals surface area contributed by atoms with E-state index in [1.54, 1.807) is 0 Å². The molecular formula is C9H4F6N2. The number of aromatic nitrogens is 2. The number of hydrogen-bond donors (Lipinski definition) is 1. The van der Waals surface area contributed by atoms with Gasteiger partial charge in [0.05, 0.1) is 5.56 Å². The average molecular weight is 254 g/mol. The van der Waals surface area contributed by atoms with Gasteiger partial charge in [-0.2, -0.15) is 26.3 Å². The number of aromatic amines is 1. The second kappa shape index (κ2) is 3.38. The highest BCUT2D eigenvalue weighted by molar-refractivity contribution is 5.80. The molecular weight excluding hydrogens is 250 g/mol. The normalized spacial score (nSPS) is 13.3. The number of halogens is 6. The molecule has 0 fully saturated rings. The molecule has 0 aliphatic rings.